The molecule has 2 amide bonds. The summed E-state index contributed by atoms with van der Waals surface area (Å²) in [7, 11) is 1.67. The molecule has 0 unspecified atom stereocenters. The first-order valence-corrected chi connectivity index (χ1v) is 10.4. The molecule has 1 saturated heterocycles. The molecule has 7 nitrogen and oxygen atoms in total. The molecule has 0 saturated carbocycles. The molecule has 1 aliphatic heterocycles. The van der Waals surface area contributed by atoms with E-state index >= 15 is 0 Å². The Morgan fingerprint density at radius 2 is 1.97 bits per heavy atom. The highest BCUT2D eigenvalue weighted by molar-refractivity contribution is 7.99. The second kappa shape index (κ2) is 9.17. The van der Waals surface area contributed by atoms with Gasteiger partial charge in [-0.15, -0.1) is 11.8 Å². The highest BCUT2D eigenvalue weighted by Crippen LogP contribution is 2.41. The number of benzene rings is 1. The third-order valence-corrected chi connectivity index (χ3v) is 5.99. The number of ether oxygens (including phenoxy) is 1. The summed E-state index contributed by atoms with van der Waals surface area (Å²) in [5, 5.41) is -0.383. The highest BCUT2D eigenvalue weighted by atomic mass is 32.2. The van der Waals surface area contributed by atoms with Crippen LogP contribution in [0.3, 0.4) is 0 Å². The van der Waals surface area contributed by atoms with Gasteiger partial charge in [0.25, 0.3) is 5.91 Å². The van der Waals surface area contributed by atoms with Crippen molar-refractivity contribution >= 4 is 29.5 Å². The van der Waals surface area contributed by atoms with Crippen LogP contribution in [-0.2, 0) is 25.7 Å². The van der Waals surface area contributed by atoms with Crippen LogP contribution >= 0.6 is 11.8 Å². The van der Waals surface area contributed by atoms with Crippen molar-refractivity contribution in [3.8, 4) is 0 Å². The van der Waals surface area contributed by atoms with Crippen LogP contribution in [0.25, 0.3) is 0 Å². The lowest BCUT2D eigenvalue weighted by Crippen LogP contribution is -2.45. The van der Waals surface area contributed by atoms with Crippen LogP contribution in [0.5, 0.6) is 0 Å². The Balaban J connectivity index is 1.62. The van der Waals surface area contributed by atoms with E-state index < -0.39 is 18.1 Å². The third kappa shape index (κ3) is 4.82. The summed E-state index contributed by atoms with van der Waals surface area (Å²) < 4.78 is 10.8. The lowest BCUT2D eigenvalue weighted by molar-refractivity contribution is -0.164. The van der Waals surface area contributed by atoms with Gasteiger partial charge >= 0.3 is 5.97 Å². The number of carbonyl (C=O) groups is 3. The Labute approximate surface area is 174 Å². The summed E-state index contributed by atoms with van der Waals surface area (Å²) >= 11 is 1.43. The lowest BCUT2D eigenvalue weighted by atomic mass is 10.2. The molecule has 0 aliphatic carbocycles. The average Bonchev–Trinajstić information content (AvgIpc) is 3.37. The van der Waals surface area contributed by atoms with Gasteiger partial charge < -0.3 is 19.0 Å². The Kier molecular flexibility index (Phi) is 6.64. The lowest BCUT2D eigenvalue weighted by Gasteiger charge is -2.27. The Morgan fingerprint density at radius 3 is 2.59 bits per heavy atom. The van der Waals surface area contributed by atoms with E-state index in [0.29, 0.717) is 18.1 Å². The van der Waals surface area contributed by atoms with E-state index in [-0.39, 0.29) is 17.2 Å². The van der Waals surface area contributed by atoms with Crippen molar-refractivity contribution in [1.29, 1.82) is 0 Å². The second-order valence-corrected chi connectivity index (χ2v) is 8.02. The number of nitrogens with zero attached hydrogens (tertiary/aromatic N) is 2. The SMILES string of the molecule is CC(=O)N1[C@@H](C(=O)O[C@@H](C)C(=O)N(C)Cc2ccccc2)CS[C@@H]1c1ccco1. The van der Waals surface area contributed by atoms with E-state index in [9.17, 15) is 14.4 Å². The molecule has 0 radical (unpaired) electrons. The molecule has 0 spiro atoms. The molecule has 0 bridgehead atoms. The van der Waals surface area contributed by atoms with Gasteiger partial charge in [0.15, 0.2) is 6.10 Å². The molecular formula is C21H24N2O5S. The average molecular weight is 416 g/mol. The van der Waals surface area contributed by atoms with Gasteiger partial charge in [-0.05, 0) is 24.6 Å². The number of carbonyl (C=O) groups excluding carboxylic acids is 3. The summed E-state index contributed by atoms with van der Waals surface area (Å²) in [6, 6.07) is 12.3. The summed E-state index contributed by atoms with van der Waals surface area (Å²) in [6.07, 6.45) is 0.584. The van der Waals surface area contributed by atoms with Gasteiger partial charge in [-0.2, -0.15) is 0 Å². The molecule has 2 heterocycles. The number of thioether (sulfide) groups is 1. The normalized spacial score (nSPS) is 19.6. The molecule has 3 rings (SSSR count). The fourth-order valence-electron chi connectivity index (χ4n) is 3.27. The largest absolute Gasteiger partial charge is 0.466 e. The minimum Gasteiger partial charge on any atom is -0.466 e. The van der Waals surface area contributed by atoms with Gasteiger partial charge in [0.05, 0.1) is 6.26 Å². The molecule has 29 heavy (non-hydrogen) atoms. The maximum absolute atomic E-state index is 12.7. The fraction of sp³-hybridized carbons (Fsp3) is 0.381. The zero-order valence-electron chi connectivity index (χ0n) is 16.6. The molecule has 3 atom stereocenters. The van der Waals surface area contributed by atoms with Crippen molar-refractivity contribution < 1.29 is 23.5 Å². The van der Waals surface area contributed by atoms with Gasteiger partial charge in [-0.1, -0.05) is 30.3 Å². The van der Waals surface area contributed by atoms with E-state index in [1.165, 1.54) is 34.7 Å². The number of furan rings is 1. The minimum atomic E-state index is -0.947. The number of esters is 1. The van der Waals surface area contributed by atoms with Gasteiger partial charge in [-0.25, -0.2) is 4.79 Å². The molecular weight excluding hydrogens is 392 g/mol. The van der Waals surface area contributed by atoms with E-state index in [1.54, 1.807) is 26.1 Å². The van der Waals surface area contributed by atoms with Crippen molar-refractivity contribution in [2.45, 2.75) is 37.9 Å². The topological polar surface area (TPSA) is 80.1 Å². The number of hydrogen-bond acceptors (Lipinski definition) is 6. The van der Waals surface area contributed by atoms with Crippen molar-refractivity contribution in [3.63, 3.8) is 0 Å². The standard InChI is InChI=1S/C21H24N2O5S/c1-14(19(25)22(3)12-16-8-5-4-6-9-16)28-21(26)17-13-29-20(23(17)15(2)24)18-10-7-11-27-18/h4-11,14,17,20H,12-13H2,1-3H3/t14-,17+,20+/m0/s1. The summed E-state index contributed by atoms with van der Waals surface area (Å²) in [4.78, 5) is 40.5. The van der Waals surface area contributed by atoms with Gasteiger partial charge in [-0.3, -0.25) is 9.59 Å². The van der Waals surface area contributed by atoms with E-state index in [0.717, 1.165) is 5.56 Å². The third-order valence-electron chi connectivity index (χ3n) is 4.70. The van der Waals surface area contributed by atoms with E-state index in [1.807, 2.05) is 30.3 Å². The molecule has 8 heteroatoms. The van der Waals surface area contributed by atoms with Crippen LogP contribution in [0.2, 0.25) is 0 Å². The van der Waals surface area contributed by atoms with Crippen molar-refractivity contribution in [3.05, 3.63) is 60.1 Å². The molecule has 1 aliphatic rings. The Morgan fingerprint density at radius 1 is 1.24 bits per heavy atom. The first-order chi connectivity index (χ1) is 13.9. The molecule has 0 N–H and O–H groups in total. The maximum Gasteiger partial charge on any atom is 0.330 e. The van der Waals surface area contributed by atoms with Crippen molar-refractivity contribution in [2.75, 3.05) is 12.8 Å². The summed E-state index contributed by atoms with van der Waals surface area (Å²) in [5.74, 6) is -0.156. The van der Waals surface area contributed by atoms with Gasteiger partial charge in [0, 0.05) is 26.3 Å². The molecule has 1 aromatic carbocycles. The van der Waals surface area contributed by atoms with Crippen molar-refractivity contribution in [1.82, 2.24) is 9.80 Å². The Bertz CT molecular complexity index is 855. The van der Waals surface area contributed by atoms with Gasteiger partial charge in [0.2, 0.25) is 5.91 Å². The smallest absolute Gasteiger partial charge is 0.330 e. The first kappa shape index (κ1) is 21.0. The predicted octanol–water partition coefficient (Wildman–Crippen LogP) is 2.83. The monoisotopic (exact) mass is 416 g/mol. The van der Waals surface area contributed by atoms with Gasteiger partial charge in [0.1, 0.15) is 17.2 Å². The van der Waals surface area contributed by atoms with Crippen LogP contribution in [0.4, 0.5) is 0 Å². The number of rotatable bonds is 6. The van der Waals surface area contributed by atoms with E-state index in [4.69, 9.17) is 9.15 Å². The van der Waals surface area contributed by atoms with Crippen LogP contribution in [0.1, 0.15) is 30.5 Å². The van der Waals surface area contributed by atoms with Crippen molar-refractivity contribution in [2.24, 2.45) is 0 Å². The Hall–Kier alpha value is -2.74. The quantitative estimate of drug-likeness (QED) is 0.674. The molecule has 2 aromatic rings. The zero-order valence-corrected chi connectivity index (χ0v) is 17.4. The fourth-order valence-corrected chi connectivity index (χ4v) is 4.69. The molecule has 154 valence electrons. The molecule has 1 fully saturated rings. The highest BCUT2D eigenvalue weighted by Gasteiger charge is 2.43. The maximum atomic E-state index is 12.7. The first-order valence-electron chi connectivity index (χ1n) is 9.31. The van der Waals surface area contributed by atoms with Crippen LogP contribution < -0.4 is 0 Å². The van der Waals surface area contributed by atoms with Crippen LogP contribution in [0, 0.1) is 0 Å². The number of amides is 2. The van der Waals surface area contributed by atoms with Crippen LogP contribution in [-0.4, -0.2) is 52.5 Å². The van der Waals surface area contributed by atoms with E-state index in [2.05, 4.69) is 0 Å². The molecule has 1 aromatic heterocycles. The predicted molar refractivity (Wildman–Crippen MR) is 109 cm³/mol. The zero-order chi connectivity index (χ0) is 21.0. The summed E-state index contributed by atoms with van der Waals surface area (Å²) in [6.45, 7) is 3.37. The van der Waals surface area contributed by atoms with Crippen LogP contribution in [0.15, 0.2) is 53.1 Å². The minimum absolute atomic E-state index is 0.251. The number of hydrogen-bond donors (Lipinski definition) is 0. The number of likely N-dealkylation sites (N-methyl/N-ethyl adjacent to an activating group) is 1. The summed E-state index contributed by atoms with van der Waals surface area (Å²) in [5.41, 5.74) is 0.984. The second-order valence-electron chi connectivity index (χ2n) is 6.90.